The number of nitrogens with zero attached hydrogens (tertiary/aromatic N) is 4. The van der Waals surface area contributed by atoms with E-state index in [1.807, 2.05) is 4.90 Å². The monoisotopic (exact) mass is 410 g/mol. The maximum Gasteiger partial charge on any atom is 0.284 e. The molecule has 1 aliphatic rings. The van der Waals surface area contributed by atoms with E-state index in [0.29, 0.717) is 50.1 Å². The van der Waals surface area contributed by atoms with Gasteiger partial charge in [0.25, 0.3) is 5.91 Å². The summed E-state index contributed by atoms with van der Waals surface area (Å²) in [5.41, 5.74) is 5.55. The number of sulfonamides is 1. The highest BCUT2D eigenvalue weighted by Gasteiger charge is 2.29. The molecule has 28 heavy (non-hydrogen) atoms. The Morgan fingerprint density at radius 1 is 1.29 bits per heavy atom. The molecule has 152 valence electrons. The maximum absolute atomic E-state index is 12.5. The zero-order valence-electron chi connectivity index (χ0n) is 15.4. The van der Waals surface area contributed by atoms with Crippen molar-refractivity contribution in [3.8, 4) is 0 Å². The van der Waals surface area contributed by atoms with Crippen LogP contribution in [0.5, 0.6) is 0 Å². The molecule has 2 aromatic rings. The number of hydrogen-bond acceptors (Lipinski definition) is 7. The second-order valence-electron chi connectivity index (χ2n) is 6.16. The molecule has 0 bridgehead atoms. The summed E-state index contributed by atoms with van der Waals surface area (Å²) in [7, 11) is -1.81. The number of amides is 1. The molecule has 0 aliphatic carbocycles. The lowest BCUT2D eigenvalue weighted by molar-refractivity contribution is 0.0972. The van der Waals surface area contributed by atoms with E-state index in [1.165, 1.54) is 22.7 Å². The molecule has 1 saturated heterocycles. The van der Waals surface area contributed by atoms with Crippen LogP contribution >= 0.6 is 0 Å². The van der Waals surface area contributed by atoms with Gasteiger partial charge in [-0.15, -0.1) is 0 Å². The van der Waals surface area contributed by atoms with Gasteiger partial charge in [0.15, 0.2) is 11.7 Å². The third-order valence-corrected chi connectivity index (χ3v) is 6.10. The van der Waals surface area contributed by atoms with Gasteiger partial charge in [-0.3, -0.25) is 9.79 Å². The van der Waals surface area contributed by atoms with Crippen molar-refractivity contribution in [1.29, 1.82) is 0 Å². The van der Waals surface area contributed by atoms with Crippen LogP contribution in [-0.4, -0.2) is 67.9 Å². The van der Waals surface area contributed by atoms with E-state index in [1.54, 1.807) is 13.1 Å². The van der Waals surface area contributed by atoms with Crippen LogP contribution in [0.4, 0.5) is 0 Å². The Morgan fingerprint density at radius 2 is 2.04 bits per heavy atom. The molecule has 0 atom stereocenters. The zero-order chi connectivity index (χ0) is 20.1. The van der Waals surface area contributed by atoms with Crippen LogP contribution in [-0.2, 0) is 22.3 Å². The molecule has 2 aromatic heterocycles. The second kappa shape index (κ2) is 8.44. The summed E-state index contributed by atoms with van der Waals surface area (Å²) in [4.78, 5) is 17.3. The molecule has 12 heteroatoms. The number of aliphatic imine (C=N–C) groups is 1. The molecular weight excluding hydrogens is 388 g/mol. The van der Waals surface area contributed by atoms with Gasteiger partial charge in [-0.05, 0) is 12.1 Å². The summed E-state index contributed by atoms with van der Waals surface area (Å²) in [5, 5.41) is 6.80. The third kappa shape index (κ3) is 4.70. The lowest BCUT2D eigenvalue weighted by Crippen LogP contribution is -2.53. The zero-order valence-corrected chi connectivity index (χ0v) is 16.2. The van der Waals surface area contributed by atoms with Crippen molar-refractivity contribution in [3.63, 3.8) is 0 Å². The number of primary amides is 1. The van der Waals surface area contributed by atoms with Crippen LogP contribution in [0.2, 0.25) is 0 Å². The first-order valence-corrected chi connectivity index (χ1v) is 10.2. The van der Waals surface area contributed by atoms with Crippen molar-refractivity contribution in [1.82, 2.24) is 19.7 Å². The lowest BCUT2D eigenvalue weighted by Gasteiger charge is -2.35. The quantitative estimate of drug-likeness (QED) is 0.482. The summed E-state index contributed by atoms with van der Waals surface area (Å²) in [6.45, 7) is 1.98. The number of hydrogen-bond donors (Lipinski definition) is 2. The van der Waals surface area contributed by atoms with E-state index in [4.69, 9.17) is 14.7 Å². The fraction of sp³-hybridized carbons (Fsp3) is 0.438. The third-order valence-electron chi connectivity index (χ3n) is 4.29. The molecular formula is C16H22N6O5S. The lowest BCUT2D eigenvalue weighted by atomic mass is 10.4. The number of furan rings is 1. The van der Waals surface area contributed by atoms with Crippen molar-refractivity contribution in [2.24, 2.45) is 10.7 Å². The number of piperazine rings is 1. The molecule has 1 aliphatic heterocycles. The van der Waals surface area contributed by atoms with Gasteiger partial charge < -0.3 is 24.9 Å². The molecule has 1 amide bonds. The van der Waals surface area contributed by atoms with E-state index < -0.39 is 15.9 Å². The van der Waals surface area contributed by atoms with Gasteiger partial charge in [0.1, 0.15) is 17.8 Å². The summed E-state index contributed by atoms with van der Waals surface area (Å²) < 4.78 is 36.5. The minimum Gasteiger partial charge on any atom is -0.454 e. The summed E-state index contributed by atoms with van der Waals surface area (Å²) in [6.07, 6.45) is 1.35. The molecule has 3 rings (SSSR count). The number of aromatic nitrogens is 1. The molecule has 3 heterocycles. The number of rotatable bonds is 6. The van der Waals surface area contributed by atoms with Crippen LogP contribution in [0.1, 0.15) is 22.0 Å². The Hall–Kier alpha value is -2.86. The first-order chi connectivity index (χ1) is 13.4. The van der Waals surface area contributed by atoms with Gasteiger partial charge in [0, 0.05) is 39.3 Å². The Bertz CT molecular complexity index is 929. The van der Waals surface area contributed by atoms with E-state index in [9.17, 15) is 13.2 Å². The minimum atomic E-state index is -3.46. The van der Waals surface area contributed by atoms with Crippen molar-refractivity contribution in [2.45, 2.75) is 12.3 Å². The Kier molecular flexibility index (Phi) is 5.99. The maximum atomic E-state index is 12.5. The van der Waals surface area contributed by atoms with E-state index in [2.05, 4.69) is 15.5 Å². The summed E-state index contributed by atoms with van der Waals surface area (Å²) in [5.74, 6) is 0.447. The topological polar surface area (TPSA) is 147 Å². The Morgan fingerprint density at radius 3 is 2.61 bits per heavy atom. The smallest absolute Gasteiger partial charge is 0.284 e. The predicted molar refractivity (Wildman–Crippen MR) is 99.7 cm³/mol. The fourth-order valence-electron chi connectivity index (χ4n) is 2.87. The molecule has 0 spiro atoms. The first kappa shape index (κ1) is 19.9. The average molecular weight is 410 g/mol. The standard InChI is InChI=1S/C16H22N6O5S/c1-18-16(19-10-13-2-3-14(27-13)15(17)23)21-5-7-22(8-6-21)28(24,25)11-12-4-9-26-20-12/h2-4,9H,5-8,10-11H2,1H3,(H2,17,23)(H,18,19). The van der Waals surface area contributed by atoms with Crippen LogP contribution in [0, 0.1) is 0 Å². The second-order valence-corrected chi connectivity index (χ2v) is 8.13. The van der Waals surface area contributed by atoms with Crippen LogP contribution in [0.15, 0.2) is 38.4 Å². The normalized spacial score (nSPS) is 16.3. The molecule has 3 N–H and O–H groups in total. The molecule has 0 aromatic carbocycles. The highest BCUT2D eigenvalue weighted by Crippen LogP contribution is 2.13. The Labute approximate surface area is 162 Å². The molecule has 11 nitrogen and oxygen atoms in total. The van der Waals surface area contributed by atoms with E-state index >= 15 is 0 Å². The molecule has 0 saturated carbocycles. The van der Waals surface area contributed by atoms with Crippen LogP contribution in [0.25, 0.3) is 0 Å². The minimum absolute atomic E-state index is 0.0951. The molecule has 0 unspecified atom stereocenters. The fourth-order valence-corrected chi connectivity index (χ4v) is 4.30. The Balaban J connectivity index is 1.53. The van der Waals surface area contributed by atoms with Crippen LogP contribution in [0.3, 0.4) is 0 Å². The number of nitrogens with two attached hydrogens (primary N) is 1. The van der Waals surface area contributed by atoms with Gasteiger partial charge in [-0.2, -0.15) is 4.31 Å². The highest BCUT2D eigenvalue weighted by atomic mass is 32.2. The number of carbonyl (C=O) groups is 1. The first-order valence-electron chi connectivity index (χ1n) is 8.60. The van der Waals surface area contributed by atoms with Gasteiger partial charge in [-0.25, -0.2) is 8.42 Å². The predicted octanol–water partition coefficient (Wildman–Crippen LogP) is -0.410. The number of nitrogens with one attached hydrogen (secondary N) is 1. The van der Waals surface area contributed by atoms with E-state index in [-0.39, 0.29) is 11.5 Å². The van der Waals surface area contributed by atoms with Gasteiger partial charge >= 0.3 is 0 Å². The van der Waals surface area contributed by atoms with Crippen molar-refractivity contribution in [2.75, 3.05) is 33.2 Å². The van der Waals surface area contributed by atoms with Gasteiger partial charge in [-0.1, -0.05) is 5.16 Å². The molecule has 0 radical (unpaired) electrons. The van der Waals surface area contributed by atoms with Crippen LogP contribution < -0.4 is 11.1 Å². The average Bonchev–Trinajstić information content (AvgIpc) is 3.34. The van der Waals surface area contributed by atoms with Crippen molar-refractivity contribution < 1.29 is 22.2 Å². The largest absolute Gasteiger partial charge is 0.454 e. The summed E-state index contributed by atoms with van der Waals surface area (Å²) >= 11 is 0. The molecule has 1 fully saturated rings. The van der Waals surface area contributed by atoms with Crippen molar-refractivity contribution >= 4 is 21.9 Å². The SMILES string of the molecule is CN=C(NCc1ccc(C(N)=O)o1)N1CCN(S(=O)(=O)Cc2ccon2)CC1. The summed E-state index contributed by atoms with van der Waals surface area (Å²) in [6, 6.07) is 4.72. The van der Waals surface area contributed by atoms with Crippen molar-refractivity contribution in [3.05, 3.63) is 41.7 Å². The number of carbonyl (C=O) groups excluding carboxylic acids is 1. The highest BCUT2D eigenvalue weighted by molar-refractivity contribution is 7.88. The van der Waals surface area contributed by atoms with Gasteiger partial charge in [0.2, 0.25) is 10.0 Å². The number of guanidine groups is 1. The van der Waals surface area contributed by atoms with E-state index in [0.717, 1.165) is 0 Å². The van der Waals surface area contributed by atoms with Gasteiger partial charge in [0.05, 0.1) is 12.2 Å².